The lowest BCUT2D eigenvalue weighted by atomic mass is 9.40. The van der Waals surface area contributed by atoms with Crippen LogP contribution in [0.5, 0.6) is 0 Å². The second-order valence-corrected chi connectivity index (χ2v) is 7.12. The Morgan fingerprint density at radius 2 is 1.50 bits per heavy atom. The number of rotatable bonds is 3. The minimum atomic E-state index is -1.33. The van der Waals surface area contributed by atoms with Crippen LogP contribution in [0.4, 0.5) is 0 Å². The van der Waals surface area contributed by atoms with Crippen molar-refractivity contribution in [2.75, 3.05) is 14.2 Å². The highest BCUT2D eigenvalue weighted by Gasteiger charge is 2.73. The number of ether oxygens (including phenoxy) is 2. The van der Waals surface area contributed by atoms with Gasteiger partial charge in [-0.1, -0.05) is 54.6 Å². The zero-order valence-corrected chi connectivity index (χ0v) is 15.0. The van der Waals surface area contributed by atoms with Crippen LogP contribution in [0.3, 0.4) is 0 Å². The Bertz CT molecular complexity index is 826. The quantitative estimate of drug-likeness (QED) is 0.628. The lowest BCUT2D eigenvalue weighted by Gasteiger charge is -2.59. The fourth-order valence-corrected chi connectivity index (χ4v) is 5.24. The second kappa shape index (κ2) is 6.27. The molecule has 26 heavy (non-hydrogen) atoms. The van der Waals surface area contributed by atoms with Crippen molar-refractivity contribution in [2.24, 2.45) is 11.3 Å². The van der Waals surface area contributed by atoms with Gasteiger partial charge in [0.2, 0.25) is 0 Å². The average molecular weight is 350 g/mol. The third-order valence-electron chi connectivity index (χ3n) is 6.18. The molecule has 4 heteroatoms. The summed E-state index contributed by atoms with van der Waals surface area (Å²) in [5, 5.41) is 0. The molecule has 0 aromatic heterocycles. The summed E-state index contributed by atoms with van der Waals surface area (Å²) in [6.45, 7) is 0. The van der Waals surface area contributed by atoms with Crippen molar-refractivity contribution in [2.45, 2.75) is 24.7 Å². The van der Waals surface area contributed by atoms with Gasteiger partial charge in [0.15, 0.2) is 5.41 Å². The van der Waals surface area contributed by atoms with Gasteiger partial charge in [-0.2, -0.15) is 0 Å². The monoisotopic (exact) mass is 350 g/mol. The predicted octanol–water partition coefficient (Wildman–Crippen LogP) is 3.46. The number of fused-ring (bicyclic) bond motifs is 3. The fourth-order valence-electron chi connectivity index (χ4n) is 5.24. The molecule has 0 spiro atoms. The molecule has 0 radical (unpaired) electrons. The second-order valence-electron chi connectivity index (χ2n) is 7.12. The molecule has 4 nitrogen and oxygen atoms in total. The van der Waals surface area contributed by atoms with Gasteiger partial charge in [-0.15, -0.1) is 0 Å². The molecule has 0 saturated heterocycles. The number of aryl methyl sites for hydroxylation is 1. The lowest BCUT2D eigenvalue weighted by molar-refractivity contribution is -0.189. The summed E-state index contributed by atoms with van der Waals surface area (Å²) in [7, 11) is 2.69. The van der Waals surface area contributed by atoms with E-state index in [-0.39, 0.29) is 17.8 Å². The highest BCUT2D eigenvalue weighted by atomic mass is 16.5. The molecule has 2 aliphatic carbocycles. The summed E-state index contributed by atoms with van der Waals surface area (Å²) >= 11 is 0. The Kier molecular flexibility index (Phi) is 4.06. The van der Waals surface area contributed by atoms with Gasteiger partial charge in [-0.25, -0.2) is 0 Å². The van der Waals surface area contributed by atoms with Crippen LogP contribution in [0.2, 0.25) is 0 Å². The van der Waals surface area contributed by atoms with Gasteiger partial charge in [0, 0.05) is 11.8 Å². The van der Waals surface area contributed by atoms with E-state index >= 15 is 0 Å². The van der Waals surface area contributed by atoms with Crippen molar-refractivity contribution in [3.05, 3.63) is 71.3 Å². The molecule has 1 saturated carbocycles. The van der Waals surface area contributed by atoms with E-state index in [9.17, 15) is 9.59 Å². The molecule has 0 amide bonds. The fraction of sp³-hybridized carbons (Fsp3) is 0.364. The van der Waals surface area contributed by atoms with Crippen LogP contribution in [-0.4, -0.2) is 26.2 Å². The Morgan fingerprint density at radius 3 is 2.15 bits per heavy atom. The smallest absolute Gasteiger partial charge is 0.324 e. The van der Waals surface area contributed by atoms with Crippen LogP contribution in [0.1, 0.15) is 34.9 Å². The number of methoxy groups -OCH3 is 2. The first kappa shape index (κ1) is 16.8. The van der Waals surface area contributed by atoms with Gasteiger partial charge in [0.25, 0.3) is 0 Å². The minimum Gasteiger partial charge on any atom is -0.468 e. The Morgan fingerprint density at radius 1 is 0.885 bits per heavy atom. The molecule has 0 N–H and O–H groups in total. The number of esters is 2. The molecule has 0 aliphatic heterocycles. The maximum atomic E-state index is 13.0. The topological polar surface area (TPSA) is 52.6 Å². The van der Waals surface area contributed by atoms with Crippen LogP contribution in [-0.2, 0) is 25.5 Å². The first-order valence-corrected chi connectivity index (χ1v) is 8.95. The predicted molar refractivity (Wildman–Crippen MR) is 96.6 cm³/mol. The number of hydrogen-bond donors (Lipinski definition) is 0. The van der Waals surface area contributed by atoms with Crippen LogP contribution in [0.15, 0.2) is 54.6 Å². The molecule has 2 aliphatic rings. The Hall–Kier alpha value is -2.62. The van der Waals surface area contributed by atoms with Crippen LogP contribution >= 0.6 is 0 Å². The van der Waals surface area contributed by atoms with Crippen LogP contribution in [0, 0.1) is 11.3 Å². The van der Waals surface area contributed by atoms with Crippen molar-refractivity contribution in [3.8, 4) is 0 Å². The molecule has 2 aromatic rings. The van der Waals surface area contributed by atoms with Crippen molar-refractivity contribution in [1.82, 2.24) is 0 Å². The van der Waals surface area contributed by atoms with E-state index < -0.39 is 17.4 Å². The minimum absolute atomic E-state index is 0.211. The van der Waals surface area contributed by atoms with E-state index in [1.54, 1.807) is 0 Å². The molecule has 3 atom stereocenters. The molecule has 134 valence electrons. The molecule has 2 aromatic carbocycles. The zero-order valence-electron chi connectivity index (χ0n) is 15.0. The number of benzene rings is 2. The molecule has 4 rings (SSSR count). The number of carbonyl (C=O) groups is 2. The first-order valence-electron chi connectivity index (χ1n) is 8.95. The zero-order chi connectivity index (χ0) is 18.3. The van der Waals surface area contributed by atoms with Crippen molar-refractivity contribution in [3.63, 3.8) is 0 Å². The molecule has 1 fully saturated rings. The number of hydrogen-bond acceptors (Lipinski definition) is 4. The lowest BCUT2D eigenvalue weighted by Crippen LogP contribution is -2.64. The Balaban J connectivity index is 1.93. The molecular weight excluding hydrogens is 328 g/mol. The third-order valence-corrected chi connectivity index (χ3v) is 6.18. The van der Waals surface area contributed by atoms with Gasteiger partial charge in [-0.05, 0) is 35.4 Å². The van der Waals surface area contributed by atoms with E-state index in [2.05, 4.69) is 6.07 Å². The number of carbonyl (C=O) groups excluding carboxylic acids is 2. The molecule has 0 heterocycles. The van der Waals surface area contributed by atoms with Crippen molar-refractivity contribution < 1.29 is 19.1 Å². The summed E-state index contributed by atoms with van der Waals surface area (Å²) in [5.41, 5.74) is 1.94. The van der Waals surface area contributed by atoms with Crippen LogP contribution in [0.25, 0.3) is 0 Å². The Labute approximate surface area is 153 Å². The standard InChI is InChI=1S/C22H22O4/c1-25-20(23)22(21(24)26-2)18(15-9-4-3-5-10-15)17-13-12-14-8-6-7-11-16(14)19(17)22/h3-11,17-19H,12-13H2,1-2H3/t17-,18-,19-/m1/s1. The largest absolute Gasteiger partial charge is 0.468 e. The van der Waals surface area contributed by atoms with Gasteiger partial charge < -0.3 is 9.47 Å². The van der Waals surface area contributed by atoms with Crippen LogP contribution < -0.4 is 0 Å². The highest BCUT2D eigenvalue weighted by Crippen LogP contribution is 2.69. The van der Waals surface area contributed by atoms with E-state index in [1.807, 2.05) is 48.5 Å². The summed E-state index contributed by atoms with van der Waals surface area (Å²) in [6, 6.07) is 17.9. The molecule has 0 unspecified atom stereocenters. The normalized spacial score (nSPS) is 25.2. The first-order chi connectivity index (χ1) is 12.7. The van der Waals surface area contributed by atoms with Crippen molar-refractivity contribution >= 4 is 11.9 Å². The summed E-state index contributed by atoms with van der Waals surface area (Å²) in [6.07, 6.45) is 1.90. The van der Waals surface area contributed by atoms with E-state index in [1.165, 1.54) is 19.8 Å². The van der Waals surface area contributed by atoms with E-state index in [4.69, 9.17) is 9.47 Å². The van der Waals surface area contributed by atoms with Gasteiger partial charge in [-0.3, -0.25) is 9.59 Å². The van der Waals surface area contributed by atoms with E-state index in [0.717, 1.165) is 24.0 Å². The summed E-state index contributed by atoms with van der Waals surface area (Å²) < 4.78 is 10.3. The molecular formula is C22H22O4. The molecule has 0 bridgehead atoms. The summed E-state index contributed by atoms with van der Waals surface area (Å²) in [4.78, 5) is 26.1. The van der Waals surface area contributed by atoms with Gasteiger partial charge in [0.05, 0.1) is 14.2 Å². The summed E-state index contributed by atoms with van der Waals surface area (Å²) in [5.74, 6) is -1.24. The SMILES string of the molecule is COC(=O)C1(C(=O)OC)[C@H](c2ccccc2)[C@H]2CCc3ccccc3[C@H]21. The average Bonchev–Trinajstić information content (AvgIpc) is 2.68. The maximum absolute atomic E-state index is 13.0. The van der Waals surface area contributed by atoms with Crippen molar-refractivity contribution in [1.29, 1.82) is 0 Å². The third kappa shape index (κ3) is 2.08. The van der Waals surface area contributed by atoms with E-state index in [0.29, 0.717) is 0 Å². The van der Waals surface area contributed by atoms with Gasteiger partial charge in [0.1, 0.15) is 0 Å². The maximum Gasteiger partial charge on any atom is 0.324 e. The van der Waals surface area contributed by atoms with Gasteiger partial charge >= 0.3 is 11.9 Å². The highest BCUT2D eigenvalue weighted by molar-refractivity contribution is 6.04.